The maximum absolute atomic E-state index is 13.2. The zero-order chi connectivity index (χ0) is 19.4. The quantitative estimate of drug-likeness (QED) is 0.680. The molecule has 27 heavy (non-hydrogen) atoms. The molecule has 8 heteroatoms. The first-order valence-electron chi connectivity index (χ1n) is 8.01. The molecule has 0 radical (unpaired) electrons. The molecule has 6 nitrogen and oxygen atoms in total. The number of carbonyl (C=O) groups is 1. The number of amides is 1. The minimum Gasteiger partial charge on any atom is -0.496 e. The molecule has 2 N–H and O–H groups in total. The van der Waals surface area contributed by atoms with Gasteiger partial charge in [0.05, 0.1) is 18.6 Å². The molecule has 0 aliphatic carbocycles. The lowest BCUT2D eigenvalue weighted by Gasteiger charge is -2.12. The molecule has 0 aliphatic rings. The standard InChI is InChI=1S/C19H17FN2O4S/c1-26-17-9-10-18(16-8-3-2-7-15(16)17)27(24,25)21-12-19(23)22-14-6-4-5-13(20)11-14/h2-11,21H,12H2,1H3,(H,22,23). The van der Waals surface area contributed by atoms with E-state index in [9.17, 15) is 17.6 Å². The number of sulfonamides is 1. The fourth-order valence-corrected chi connectivity index (χ4v) is 3.86. The highest BCUT2D eigenvalue weighted by molar-refractivity contribution is 7.89. The van der Waals surface area contributed by atoms with Gasteiger partial charge in [-0.1, -0.05) is 30.3 Å². The van der Waals surface area contributed by atoms with E-state index in [1.165, 1.54) is 31.4 Å². The van der Waals surface area contributed by atoms with Gasteiger partial charge < -0.3 is 10.1 Å². The maximum Gasteiger partial charge on any atom is 0.241 e. The Kier molecular flexibility index (Phi) is 5.38. The number of ether oxygens (including phenoxy) is 1. The average molecular weight is 388 g/mol. The van der Waals surface area contributed by atoms with Gasteiger partial charge in [0.15, 0.2) is 0 Å². The van der Waals surface area contributed by atoms with E-state index in [1.54, 1.807) is 30.3 Å². The van der Waals surface area contributed by atoms with Crippen LogP contribution in [0.4, 0.5) is 10.1 Å². The van der Waals surface area contributed by atoms with Crippen LogP contribution in [0.2, 0.25) is 0 Å². The van der Waals surface area contributed by atoms with Crippen LogP contribution in [0, 0.1) is 5.82 Å². The number of carbonyl (C=O) groups excluding carboxylic acids is 1. The van der Waals surface area contributed by atoms with Crippen LogP contribution in [-0.4, -0.2) is 28.0 Å². The van der Waals surface area contributed by atoms with E-state index in [2.05, 4.69) is 10.0 Å². The number of benzene rings is 3. The van der Waals surface area contributed by atoms with Crippen molar-refractivity contribution in [3.63, 3.8) is 0 Å². The Balaban J connectivity index is 1.79. The van der Waals surface area contributed by atoms with Gasteiger partial charge in [-0.2, -0.15) is 0 Å². The molecule has 1 amide bonds. The number of methoxy groups -OCH3 is 1. The number of halogens is 1. The summed E-state index contributed by atoms with van der Waals surface area (Å²) in [4.78, 5) is 12.0. The molecule has 0 spiro atoms. The van der Waals surface area contributed by atoms with Crippen molar-refractivity contribution in [3.05, 3.63) is 66.5 Å². The van der Waals surface area contributed by atoms with Crippen molar-refractivity contribution < 1.29 is 22.3 Å². The topological polar surface area (TPSA) is 84.5 Å². The van der Waals surface area contributed by atoms with E-state index in [0.29, 0.717) is 16.5 Å². The Hall–Kier alpha value is -2.97. The summed E-state index contributed by atoms with van der Waals surface area (Å²) in [6.07, 6.45) is 0. The third-order valence-corrected chi connectivity index (χ3v) is 5.34. The summed E-state index contributed by atoms with van der Waals surface area (Å²) in [5, 5.41) is 3.56. The highest BCUT2D eigenvalue weighted by Crippen LogP contribution is 2.30. The van der Waals surface area contributed by atoms with Crippen LogP contribution in [0.5, 0.6) is 5.75 Å². The van der Waals surface area contributed by atoms with Gasteiger partial charge in [-0.05, 0) is 30.3 Å². The van der Waals surface area contributed by atoms with Gasteiger partial charge in [0.1, 0.15) is 11.6 Å². The van der Waals surface area contributed by atoms with Crippen LogP contribution in [-0.2, 0) is 14.8 Å². The van der Waals surface area contributed by atoms with E-state index < -0.39 is 28.3 Å². The fourth-order valence-electron chi connectivity index (χ4n) is 2.67. The fraction of sp³-hybridized carbons (Fsp3) is 0.105. The summed E-state index contributed by atoms with van der Waals surface area (Å²) in [5.74, 6) is -0.562. The zero-order valence-electron chi connectivity index (χ0n) is 14.4. The molecule has 0 saturated heterocycles. The van der Waals surface area contributed by atoms with E-state index >= 15 is 0 Å². The second-order valence-electron chi connectivity index (χ2n) is 5.69. The molecule has 0 fully saturated rings. The van der Waals surface area contributed by atoms with E-state index in [1.807, 2.05) is 0 Å². The summed E-state index contributed by atoms with van der Waals surface area (Å²) in [7, 11) is -2.44. The van der Waals surface area contributed by atoms with Crippen molar-refractivity contribution in [3.8, 4) is 5.75 Å². The number of hydrogen-bond acceptors (Lipinski definition) is 4. The average Bonchev–Trinajstić information content (AvgIpc) is 2.65. The zero-order valence-corrected chi connectivity index (χ0v) is 15.2. The monoisotopic (exact) mass is 388 g/mol. The number of anilines is 1. The van der Waals surface area contributed by atoms with E-state index in [-0.39, 0.29) is 10.6 Å². The molecule has 3 aromatic rings. The van der Waals surface area contributed by atoms with Crippen molar-refractivity contribution in [2.75, 3.05) is 19.0 Å². The lowest BCUT2D eigenvalue weighted by atomic mass is 10.1. The lowest BCUT2D eigenvalue weighted by Crippen LogP contribution is -2.33. The van der Waals surface area contributed by atoms with Crippen molar-refractivity contribution in [2.45, 2.75) is 4.90 Å². The summed E-state index contributed by atoms with van der Waals surface area (Å²) in [5.41, 5.74) is 0.245. The Labute approximate surface area is 156 Å². The predicted molar refractivity (Wildman–Crippen MR) is 101 cm³/mol. The van der Waals surface area contributed by atoms with E-state index in [4.69, 9.17) is 4.74 Å². The first kappa shape index (κ1) is 18.8. The minimum absolute atomic E-state index is 0.0393. The SMILES string of the molecule is COc1ccc(S(=O)(=O)NCC(=O)Nc2cccc(F)c2)c2ccccc12. The first-order chi connectivity index (χ1) is 12.9. The van der Waals surface area contributed by atoms with Gasteiger partial charge in [0.2, 0.25) is 15.9 Å². The molecule has 0 heterocycles. The molecular formula is C19H17FN2O4S. The molecule has 0 atom stereocenters. The summed E-state index contributed by atoms with van der Waals surface area (Å²) < 4.78 is 46.0. The Bertz CT molecular complexity index is 1100. The number of hydrogen-bond donors (Lipinski definition) is 2. The summed E-state index contributed by atoms with van der Waals surface area (Å²) >= 11 is 0. The van der Waals surface area contributed by atoms with Crippen molar-refractivity contribution in [1.82, 2.24) is 4.72 Å². The third kappa shape index (κ3) is 4.24. The Morgan fingerprint density at radius 1 is 1.04 bits per heavy atom. The Morgan fingerprint density at radius 3 is 2.48 bits per heavy atom. The first-order valence-corrected chi connectivity index (χ1v) is 9.50. The highest BCUT2D eigenvalue weighted by Gasteiger charge is 2.20. The molecule has 0 bridgehead atoms. The molecular weight excluding hydrogens is 371 g/mol. The largest absolute Gasteiger partial charge is 0.496 e. The van der Waals surface area contributed by atoms with Crippen LogP contribution in [0.1, 0.15) is 0 Å². The van der Waals surface area contributed by atoms with Gasteiger partial charge in [0, 0.05) is 16.5 Å². The van der Waals surface area contributed by atoms with Gasteiger partial charge in [-0.25, -0.2) is 17.5 Å². The molecule has 0 unspecified atom stereocenters. The number of fused-ring (bicyclic) bond motifs is 1. The molecule has 0 aromatic heterocycles. The predicted octanol–water partition coefficient (Wildman–Crippen LogP) is 2.90. The van der Waals surface area contributed by atoms with Gasteiger partial charge >= 0.3 is 0 Å². The second-order valence-corrected chi connectivity index (χ2v) is 7.43. The maximum atomic E-state index is 13.2. The normalized spacial score (nSPS) is 11.3. The molecule has 0 saturated carbocycles. The van der Waals surface area contributed by atoms with Crippen LogP contribution >= 0.6 is 0 Å². The minimum atomic E-state index is -3.95. The molecule has 140 valence electrons. The number of rotatable bonds is 6. The third-order valence-electron chi connectivity index (χ3n) is 3.88. The van der Waals surface area contributed by atoms with Gasteiger partial charge in [-0.3, -0.25) is 4.79 Å². The molecule has 3 rings (SSSR count). The second kappa shape index (κ2) is 7.73. The highest BCUT2D eigenvalue weighted by atomic mass is 32.2. The van der Waals surface area contributed by atoms with Gasteiger partial charge in [0.25, 0.3) is 0 Å². The van der Waals surface area contributed by atoms with Crippen LogP contribution < -0.4 is 14.8 Å². The van der Waals surface area contributed by atoms with Gasteiger partial charge in [-0.15, -0.1) is 0 Å². The van der Waals surface area contributed by atoms with Crippen LogP contribution in [0.15, 0.2) is 65.6 Å². The smallest absolute Gasteiger partial charge is 0.241 e. The lowest BCUT2D eigenvalue weighted by molar-refractivity contribution is -0.115. The van der Waals surface area contributed by atoms with Crippen LogP contribution in [0.25, 0.3) is 10.8 Å². The van der Waals surface area contributed by atoms with Crippen molar-refractivity contribution >= 4 is 32.4 Å². The summed E-state index contributed by atoms with van der Waals surface area (Å²) in [6, 6.07) is 15.2. The van der Waals surface area contributed by atoms with Crippen molar-refractivity contribution in [1.29, 1.82) is 0 Å². The van der Waals surface area contributed by atoms with Crippen LogP contribution in [0.3, 0.4) is 0 Å². The Morgan fingerprint density at radius 2 is 1.78 bits per heavy atom. The van der Waals surface area contributed by atoms with E-state index in [0.717, 1.165) is 6.07 Å². The number of nitrogens with one attached hydrogen (secondary N) is 2. The molecule has 3 aromatic carbocycles. The summed E-state index contributed by atoms with van der Waals surface area (Å²) in [6.45, 7) is -0.487. The van der Waals surface area contributed by atoms with Crippen molar-refractivity contribution in [2.24, 2.45) is 0 Å². The molecule has 0 aliphatic heterocycles.